The quantitative estimate of drug-likeness (QED) is 0.695. The van der Waals surface area contributed by atoms with Gasteiger partial charge in [0, 0.05) is 13.1 Å². The molecule has 2 fully saturated rings. The number of nitrogens with one attached hydrogen (secondary N) is 2. The van der Waals surface area contributed by atoms with E-state index in [1.165, 1.54) is 12.8 Å². The molecule has 7 nitrogen and oxygen atoms in total. The second-order valence-corrected chi connectivity index (χ2v) is 7.18. The Labute approximate surface area is 156 Å². The average molecular weight is 368 g/mol. The van der Waals surface area contributed by atoms with Crippen molar-refractivity contribution in [2.24, 2.45) is 5.92 Å². The summed E-state index contributed by atoms with van der Waals surface area (Å²) in [5.41, 5.74) is 2.33. The van der Waals surface area contributed by atoms with Gasteiger partial charge in [-0.05, 0) is 30.9 Å². The highest BCUT2D eigenvalue weighted by atomic mass is 19.1. The van der Waals surface area contributed by atoms with Gasteiger partial charge in [-0.1, -0.05) is 6.07 Å². The van der Waals surface area contributed by atoms with Crippen molar-refractivity contribution < 1.29 is 9.13 Å². The van der Waals surface area contributed by atoms with E-state index >= 15 is 0 Å². The second-order valence-electron chi connectivity index (χ2n) is 7.18. The van der Waals surface area contributed by atoms with Gasteiger partial charge in [0.25, 0.3) is 0 Å². The van der Waals surface area contributed by atoms with E-state index in [0.29, 0.717) is 37.3 Å². The Morgan fingerprint density at radius 3 is 2.96 bits per heavy atom. The number of rotatable bonds is 6. The highest BCUT2D eigenvalue weighted by Gasteiger charge is 2.26. The minimum Gasteiger partial charge on any atom is -0.476 e. The molecular weight excluding hydrogens is 347 g/mol. The Balaban J connectivity index is 1.42. The average Bonchev–Trinajstić information content (AvgIpc) is 3.30. The van der Waals surface area contributed by atoms with Gasteiger partial charge in [-0.3, -0.25) is 4.40 Å². The summed E-state index contributed by atoms with van der Waals surface area (Å²) in [7, 11) is 0. The predicted octanol–water partition coefficient (Wildman–Crippen LogP) is 2.30. The monoisotopic (exact) mass is 368 g/mol. The molecule has 1 saturated heterocycles. The lowest BCUT2D eigenvalue weighted by Crippen LogP contribution is -2.29. The van der Waals surface area contributed by atoms with Crippen LogP contribution in [0.4, 0.5) is 10.2 Å². The van der Waals surface area contributed by atoms with Gasteiger partial charge in [-0.25, -0.2) is 19.3 Å². The van der Waals surface area contributed by atoms with Gasteiger partial charge in [0.1, 0.15) is 12.0 Å². The minimum absolute atomic E-state index is 0.262. The Kier molecular flexibility index (Phi) is 4.12. The molecule has 0 unspecified atom stereocenters. The van der Waals surface area contributed by atoms with Gasteiger partial charge in [0.05, 0.1) is 42.6 Å². The van der Waals surface area contributed by atoms with Crippen LogP contribution in [-0.2, 0) is 0 Å². The van der Waals surface area contributed by atoms with Gasteiger partial charge < -0.3 is 15.4 Å². The third kappa shape index (κ3) is 3.44. The van der Waals surface area contributed by atoms with Crippen LogP contribution >= 0.6 is 0 Å². The summed E-state index contributed by atoms with van der Waals surface area (Å²) < 4.78 is 21.6. The van der Waals surface area contributed by atoms with E-state index in [1.807, 2.05) is 28.8 Å². The number of imidazole rings is 1. The molecular formula is C19H21FN6O. The van der Waals surface area contributed by atoms with Crippen LogP contribution in [0.5, 0.6) is 5.88 Å². The van der Waals surface area contributed by atoms with Crippen molar-refractivity contribution in [1.29, 1.82) is 0 Å². The molecule has 4 heterocycles. The normalized spacial score (nSPS) is 22.3. The maximum Gasteiger partial charge on any atom is 0.230 e. The molecule has 0 radical (unpaired) electrons. The predicted molar refractivity (Wildman–Crippen MR) is 99.6 cm³/mol. The number of halogens is 1. The lowest BCUT2D eigenvalue weighted by molar-refractivity contribution is 0.287. The van der Waals surface area contributed by atoms with E-state index < -0.39 is 6.17 Å². The first-order valence-electron chi connectivity index (χ1n) is 9.31. The topological polar surface area (TPSA) is 76.4 Å². The summed E-state index contributed by atoms with van der Waals surface area (Å²) in [5, 5.41) is 6.22. The number of anilines is 1. The summed E-state index contributed by atoms with van der Waals surface area (Å²) in [6.45, 7) is 1.68. The van der Waals surface area contributed by atoms with E-state index in [-0.39, 0.29) is 6.04 Å². The zero-order chi connectivity index (χ0) is 18.2. The number of nitrogens with zero attached hydrogens (tertiary/aromatic N) is 4. The molecule has 0 aromatic carbocycles. The number of hydrogen-bond acceptors (Lipinski definition) is 6. The molecule has 1 aliphatic heterocycles. The molecule has 27 heavy (non-hydrogen) atoms. The van der Waals surface area contributed by atoms with Crippen LogP contribution < -0.4 is 15.4 Å². The molecule has 5 rings (SSSR count). The van der Waals surface area contributed by atoms with Crippen LogP contribution in [0.15, 0.2) is 36.8 Å². The Morgan fingerprint density at radius 1 is 1.22 bits per heavy atom. The maximum atomic E-state index is 13.8. The van der Waals surface area contributed by atoms with Crippen molar-refractivity contribution >= 4 is 11.5 Å². The van der Waals surface area contributed by atoms with E-state index in [0.717, 1.165) is 17.0 Å². The summed E-state index contributed by atoms with van der Waals surface area (Å²) in [6, 6.07) is 5.41. The number of aromatic nitrogens is 4. The van der Waals surface area contributed by atoms with Crippen LogP contribution in [0.1, 0.15) is 12.8 Å². The van der Waals surface area contributed by atoms with Crippen molar-refractivity contribution in [2.45, 2.75) is 25.1 Å². The zero-order valence-electron chi connectivity index (χ0n) is 14.8. The van der Waals surface area contributed by atoms with Crippen LogP contribution in [0, 0.1) is 5.92 Å². The first-order valence-corrected chi connectivity index (χ1v) is 9.31. The lowest BCUT2D eigenvalue weighted by Gasteiger charge is -2.15. The second kappa shape index (κ2) is 6.77. The number of ether oxygens (including phenoxy) is 1. The molecule has 3 aromatic rings. The van der Waals surface area contributed by atoms with Crippen molar-refractivity contribution in [1.82, 2.24) is 24.7 Å². The number of fused-ring (bicyclic) bond motifs is 1. The van der Waals surface area contributed by atoms with Gasteiger partial charge in [0.2, 0.25) is 5.88 Å². The first-order chi connectivity index (χ1) is 13.3. The zero-order valence-corrected chi connectivity index (χ0v) is 14.8. The highest BCUT2D eigenvalue weighted by Crippen LogP contribution is 2.29. The lowest BCUT2D eigenvalue weighted by atomic mass is 10.2. The number of hydrogen-bond donors (Lipinski definition) is 2. The number of alkyl halides is 1. The first kappa shape index (κ1) is 16.4. The molecule has 1 aliphatic carbocycles. The largest absolute Gasteiger partial charge is 0.476 e. The molecule has 8 heteroatoms. The van der Waals surface area contributed by atoms with Crippen molar-refractivity contribution in [3.8, 4) is 17.3 Å². The van der Waals surface area contributed by atoms with Crippen LogP contribution in [-0.4, -0.2) is 51.3 Å². The van der Waals surface area contributed by atoms with E-state index in [1.54, 1.807) is 12.4 Å². The molecule has 2 aliphatic rings. The molecule has 2 N–H and O–H groups in total. The summed E-state index contributed by atoms with van der Waals surface area (Å²) in [6.07, 6.45) is 6.87. The molecule has 0 bridgehead atoms. The summed E-state index contributed by atoms with van der Waals surface area (Å²) in [5.74, 6) is 1.90. The standard InChI is InChI=1S/C19H21FN6O/c20-13-6-21-7-15(13)25-17-3-1-2-14(24-17)16-8-22-18-9-23-19(10-26(16)18)27-11-12-4-5-12/h1-3,8-10,12-13,15,21H,4-7,11H2,(H,24,25)/t13-,15-/m0/s1. The van der Waals surface area contributed by atoms with Crippen LogP contribution in [0.3, 0.4) is 0 Å². The van der Waals surface area contributed by atoms with Gasteiger partial charge in [-0.15, -0.1) is 0 Å². The highest BCUT2D eigenvalue weighted by molar-refractivity contribution is 5.61. The smallest absolute Gasteiger partial charge is 0.230 e. The molecule has 0 amide bonds. The van der Waals surface area contributed by atoms with Gasteiger partial charge in [-0.2, -0.15) is 0 Å². The van der Waals surface area contributed by atoms with Crippen molar-refractivity contribution in [2.75, 3.05) is 25.0 Å². The molecule has 1 saturated carbocycles. The van der Waals surface area contributed by atoms with Gasteiger partial charge in [0.15, 0.2) is 5.65 Å². The van der Waals surface area contributed by atoms with E-state index in [4.69, 9.17) is 4.74 Å². The Bertz CT molecular complexity index is 956. The molecule has 3 aromatic heterocycles. The summed E-state index contributed by atoms with van der Waals surface area (Å²) in [4.78, 5) is 13.4. The van der Waals surface area contributed by atoms with E-state index in [9.17, 15) is 4.39 Å². The Hall–Kier alpha value is -2.74. The fourth-order valence-corrected chi connectivity index (χ4v) is 3.26. The third-order valence-electron chi connectivity index (χ3n) is 5.02. The molecule has 140 valence electrons. The summed E-state index contributed by atoms with van der Waals surface area (Å²) >= 11 is 0. The van der Waals surface area contributed by atoms with Crippen LogP contribution in [0.2, 0.25) is 0 Å². The fraction of sp³-hybridized carbons (Fsp3) is 0.421. The van der Waals surface area contributed by atoms with Crippen molar-refractivity contribution in [3.05, 3.63) is 36.8 Å². The fourth-order valence-electron chi connectivity index (χ4n) is 3.26. The molecule has 0 spiro atoms. The van der Waals surface area contributed by atoms with E-state index in [2.05, 4.69) is 25.6 Å². The van der Waals surface area contributed by atoms with Crippen LogP contribution in [0.25, 0.3) is 17.0 Å². The SMILES string of the molecule is F[C@H]1CNC[C@@H]1Nc1cccc(-c2cnc3cnc(OCC4CC4)cn23)n1. The minimum atomic E-state index is -0.913. The molecule has 2 atom stereocenters. The third-order valence-corrected chi connectivity index (χ3v) is 5.02. The number of pyridine rings is 1. The maximum absolute atomic E-state index is 13.8. The Morgan fingerprint density at radius 2 is 2.15 bits per heavy atom. The van der Waals surface area contributed by atoms with Crippen molar-refractivity contribution in [3.63, 3.8) is 0 Å². The van der Waals surface area contributed by atoms with Gasteiger partial charge >= 0.3 is 0 Å².